The van der Waals surface area contributed by atoms with Crippen molar-refractivity contribution >= 4 is 22.6 Å². The van der Waals surface area contributed by atoms with Gasteiger partial charge in [-0.15, -0.1) is 0 Å². The van der Waals surface area contributed by atoms with Gasteiger partial charge >= 0.3 is 0 Å². The van der Waals surface area contributed by atoms with Crippen molar-refractivity contribution in [1.82, 2.24) is 14.9 Å². The van der Waals surface area contributed by atoms with Gasteiger partial charge in [-0.25, -0.2) is 9.37 Å². The molecule has 1 aliphatic heterocycles. The highest BCUT2D eigenvalue weighted by Gasteiger charge is 2.23. The number of aromatic nitrogens is 2. The van der Waals surface area contributed by atoms with E-state index in [-0.39, 0.29) is 5.82 Å². The summed E-state index contributed by atoms with van der Waals surface area (Å²) in [6, 6.07) is 6.33. The van der Waals surface area contributed by atoms with Crippen LogP contribution in [0.4, 0.5) is 10.2 Å². The first kappa shape index (κ1) is 20.2. The maximum absolute atomic E-state index is 13.3. The van der Waals surface area contributed by atoms with Gasteiger partial charge in [0, 0.05) is 69.0 Å². The predicted octanol–water partition coefficient (Wildman–Crippen LogP) is 2.90. The van der Waals surface area contributed by atoms with E-state index in [1.54, 1.807) is 31.6 Å². The summed E-state index contributed by atoms with van der Waals surface area (Å²) in [5, 5.41) is 0.454. The molecule has 0 amide bonds. The highest BCUT2D eigenvalue weighted by atomic mass is 35.5. The summed E-state index contributed by atoms with van der Waals surface area (Å²) in [4.78, 5) is 17.6. The molecule has 0 spiro atoms. The first-order valence-electron chi connectivity index (χ1n) is 9.11. The van der Waals surface area contributed by atoms with Crippen LogP contribution in [-0.4, -0.2) is 59.8 Å². The van der Waals surface area contributed by atoms with Crippen LogP contribution < -0.4 is 10.6 Å². The van der Waals surface area contributed by atoms with Gasteiger partial charge in [-0.2, -0.15) is 0 Å². The van der Waals surface area contributed by atoms with E-state index in [0.717, 1.165) is 48.8 Å². The molecule has 0 aliphatic carbocycles. The fraction of sp³-hybridized carbons (Fsp3) is 0.350. The smallest absolute Gasteiger partial charge is 0.155 e. The summed E-state index contributed by atoms with van der Waals surface area (Å²) >= 11 is 6.20. The van der Waals surface area contributed by atoms with Crippen LogP contribution in [0.15, 0.2) is 52.9 Å². The lowest BCUT2D eigenvalue weighted by molar-refractivity contribution is 0.280. The maximum atomic E-state index is 13.3. The average molecular weight is 403 g/mol. The minimum atomic E-state index is -0.267. The Bertz CT molecular complexity index is 869. The first-order chi connectivity index (χ1) is 13.5. The summed E-state index contributed by atoms with van der Waals surface area (Å²) in [5.41, 5.74) is 9.14. The van der Waals surface area contributed by atoms with Gasteiger partial charge in [0.15, 0.2) is 5.82 Å². The van der Waals surface area contributed by atoms with Crippen LogP contribution in [0.5, 0.6) is 0 Å². The molecule has 0 radical (unpaired) electrons. The lowest BCUT2D eigenvalue weighted by atomic mass is 10.1. The normalized spacial score (nSPS) is 16.9. The molecule has 0 unspecified atom stereocenters. The molecule has 0 saturated carbocycles. The van der Waals surface area contributed by atoms with Crippen molar-refractivity contribution in [2.75, 3.05) is 44.7 Å². The van der Waals surface area contributed by atoms with Crippen molar-refractivity contribution in [1.29, 1.82) is 0 Å². The van der Waals surface area contributed by atoms with Gasteiger partial charge < -0.3 is 10.6 Å². The fourth-order valence-corrected chi connectivity index (χ4v) is 3.41. The maximum Gasteiger partial charge on any atom is 0.155 e. The largest absolute Gasteiger partial charge is 0.402 e. The van der Waals surface area contributed by atoms with E-state index in [2.05, 4.69) is 24.8 Å². The second-order valence-electron chi connectivity index (χ2n) is 6.67. The van der Waals surface area contributed by atoms with Crippen LogP contribution in [0, 0.1) is 5.82 Å². The van der Waals surface area contributed by atoms with Gasteiger partial charge in [-0.1, -0.05) is 11.6 Å². The second kappa shape index (κ2) is 9.12. The van der Waals surface area contributed by atoms with Gasteiger partial charge in [-0.05, 0) is 31.2 Å². The summed E-state index contributed by atoms with van der Waals surface area (Å²) in [5.74, 6) is 0.545. The minimum Gasteiger partial charge on any atom is -0.402 e. The molecule has 0 bridgehead atoms. The number of benzene rings is 1. The van der Waals surface area contributed by atoms with Crippen molar-refractivity contribution in [2.45, 2.75) is 6.92 Å². The molecule has 3 rings (SSSR count). The van der Waals surface area contributed by atoms with Gasteiger partial charge in [-0.3, -0.25) is 14.9 Å². The van der Waals surface area contributed by atoms with Crippen LogP contribution in [0.2, 0.25) is 0 Å². The predicted molar refractivity (Wildman–Crippen MR) is 112 cm³/mol. The zero-order chi connectivity index (χ0) is 20.1. The molecular weight excluding hydrogens is 379 g/mol. The molecule has 1 aromatic heterocycles. The number of rotatable bonds is 5. The Hall–Kier alpha value is -2.51. The SMILES string of the molecule is CN=C(Cl)/C(CN1CCN(c2nccnc2-c2ccc(F)cc2)CC1)=C(/C)N. The van der Waals surface area contributed by atoms with Crippen molar-refractivity contribution in [3.8, 4) is 11.3 Å². The Morgan fingerprint density at radius 1 is 1.14 bits per heavy atom. The number of hydrogen-bond donors (Lipinski definition) is 1. The summed E-state index contributed by atoms with van der Waals surface area (Å²) in [6.07, 6.45) is 3.34. The third-order valence-electron chi connectivity index (χ3n) is 4.77. The molecular formula is C20H24ClFN6. The monoisotopic (exact) mass is 402 g/mol. The first-order valence-corrected chi connectivity index (χ1v) is 9.49. The van der Waals surface area contributed by atoms with Gasteiger partial charge in [0.25, 0.3) is 0 Å². The topological polar surface area (TPSA) is 70.6 Å². The third-order valence-corrected chi connectivity index (χ3v) is 5.17. The van der Waals surface area contributed by atoms with E-state index in [9.17, 15) is 4.39 Å². The molecule has 2 aromatic rings. The van der Waals surface area contributed by atoms with Crippen LogP contribution in [0.1, 0.15) is 6.92 Å². The second-order valence-corrected chi connectivity index (χ2v) is 7.03. The van der Waals surface area contributed by atoms with Crippen LogP contribution in [-0.2, 0) is 0 Å². The fourth-order valence-electron chi connectivity index (χ4n) is 3.20. The third kappa shape index (κ3) is 4.66. The number of hydrogen-bond acceptors (Lipinski definition) is 6. The van der Waals surface area contributed by atoms with E-state index in [1.165, 1.54) is 12.1 Å². The number of nitrogens with zero attached hydrogens (tertiary/aromatic N) is 5. The molecule has 2 N–H and O–H groups in total. The van der Waals surface area contributed by atoms with Crippen molar-refractivity contribution in [3.63, 3.8) is 0 Å². The number of piperazine rings is 1. The molecule has 1 fully saturated rings. The zero-order valence-corrected chi connectivity index (χ0v) is 16.8. The highest BCUT2D eigenvalue weighted by Crippen LogP contribution is 2.27. The Morgan fingerprint density at radius 3 is 2.39 bits per heavy atom. The Morgan fingerprint density at radius 2 is 1.79 bits per heavy atom. The molecule has 8 heteroatoms. The minimum absolute atomic E-state index is 0.267. The lowest BCUT2D eigenvalue weighted by Crippen LogP contribution is -2.47. The van der Waals surface area contributed by atoms with E-state index in [1.807, 2.05) is 6.92 Å². The molecule has 1 aliphatic rings. The zero-order valence-electron chi connectivity index (χ0n) is 16.1. The summed E-state index contributed by atoms with van der Waals surface area (Å²) in [6.45, 7) is 5.77. The lowest BCUT2D eigenvalue weighted by Gasteiger charge is -2.36. The Kier molecular flexibility index (Phi) is 6.59. The number of allylic oxidation sites excluding steroid dienone is 1. The van der Waals surface area contributed by atoms with Crippen LogP contribution >= 0.6 is 11.6 Å². The molecule has 0 atom stereocenters. The molecule has 2 heterocycles. The molecule has 1 saturated heterocycles. The number of aliphatic imine (C=N–C) groups is 1. The van der Waals surface area contributed by atoms with E-state index in [4.69, 9.17) is 17.3 Å². The van der Waals surface area contributed by atoms with Crippen molar-refractivity contribution < 1.29 is 4.39 Å². The van der Waals surface area contributed by atoms with Crippen LogP contribution in [0.3, 0.4) is 0 Å². The summed E-state index contributed by atoms with van der Waals surface area (Å²) < 4.78 is 13.3. The van der Waals surface area contributed by atoms with Crippen molar-refractivity contribution in [3.05, 3.63) is 53.7 Å². The molecule has 1 aromatic carbocycles. The number of nitrogens with two attached hydrogens (primary N) is 1. The van der Waals surface area contributed by atoms with Gasteiger partial charge in [0.1, 0.15) is 16.7 Å². The van der Waals surface area contributed by atoms with Gasteiger partial charge in [0.2, 0.25) is 0 Å². The standard InChI is InChI=1S/C20H24ClFN6/c1-14(23)17(19(21)24-2)13-27-9-11-28(12-10-27)20-18(25-7-8-26-20)15-3-5-16(22)6-4-15/h3-8H,9-13,23H2,1-2H3/b17-14-,24-19?. The Labute approximate surface area is 169 Å². The van der Waals surface area contributed by atoms with Crippen LogP contribution in [0.25, 0.3) is 11.3 Å². The molecule has 148 valence electrons. The quantitative estimate of drug-likeness (QED) is 0.778. The highest BCUT2D eigenvalue weighted by molar-refractivity contribution is 6.69. The Balaban J connectivity index is 1.72. The molecule has 28 heavy (non-hydrogen) atoms. The van der Waals surface area contributed by atoms with E-state index < -0.39 is 0 Å². The number of anilines is 1. The molecule has 6 nitrogen and oxygen atoms in total. The summed E-state index contributed by atoms with van der Waals surface area (Å²) in [7, 11) is 1.66. The van der Waals surface area contributed by atoms with E-state index in [0.29, 0.717) is 17.4 Å². The average Bonchev–Trinajstić information content (AvgIpc) is 2.72. The van der Waals surface area contributed by atoms with Gasteiger partial charge in [0.05, 0.1) is 0 Å². The van der Waals surface area contributed by atoms with E-state index >= 15 is 0 Å². The number of halogens is 2. The van der Waals surface area contributed by atoms with Crippen molar-refractivity contribution in [2.24, 2.45) is 10.7 Å².